The number of aryl methyl sites for hydroxylation is 2. The molecule has 1 aromatic rings. The normalized spacial score (nSPS) is 18.5. The van der Waals surface area contributed by atoms with Crippen LogP contribution < -0.4 is 15.8 Å². The Kier molecular flexibility index (Phi) is 7.02. The number of carbonyl (C=O) groups excluding carboxylic acids is 1. The average Bonchev–Trinajstić information content (AvgIpc) is 2.60. The second-order valence-corrected chi connectivity index (χ2v) is 8.58. The Balaban J connectivity index is 2.32. The minimum Gasteiger partial charge on any atom is -0.495 e. The molecular formula is C18H29N3O4S. The number of piperidine rings is 1. The minimum absolute atomic E-state index is 0.153. The van der Waals surface area contributed by atoms with Gasteiger partial charge in [-0.25, -0.2) is 8.42 Å². The third-order valence-corrected chi connectivity index (χ3v) is 6.61. The van der Waals surface area contributed by atoms with Crippen molar-refractivity contribution in [1.29, 1.82) is 0 Å². The molecule has 0 bridgehead atoms. The maximum absolute atomic E-state index is 13.4. The SMILES string of the molecule is COc1c(C)cc(C)cc1S(=O)(=O)N1CCCCC1CNC(=O)CCN. The van der Waals surface area contributed by atoms with Crippen molar-refractivity contribution in [3.63, 3.8) is 0 Å². The third kappa shape index (κ3) is 4.55. The van der Waals surface area contributed by atoms with Gasteiger partial charge in [0.2, 0.25) is 15.9 Å². The average molecular weight is 384 g/mol. The fourth-order valence-corrected chi connectivity index (χ4v) is 5.45. The number of nitrogens with one attached hydrogen (secondary N) is 1. The maximum atomic E-state index is 13.4. The molecule has 3 N–H and O–H groups in total. The van der Waals surface area contributed by atoms with Crippen molar-refractivity contribution in [1.82, 2.24) is 9.62 Å². The molecule has 146 valence electrons. The quantitative estimate of drug-likeness (QED) is 0.739. The molecule has 0 radical (unpaired) electrons. The Morgan fingerprint density at radius 1 is 1.35 bits per heavy atom. The molecule has 1 aliphatic heterocycles. The van der Waals surface area contributed by atoms with Crippen LogP contribution >= 0.6 is 0 Å². The Bertz CT molecular complexity index is 749. The van der Waals surface area contributed by atoms with E-state index in [1.807, 2.05) is 19.9 Å². The van der Waals surface area contributed by atoms with Gasteiger partial charge in [-0.2, -0.15) is 4.31 Å². The van der Waals surface area contributed by atoms with Crippen LogP contribution in [-0.4, -0.2) is 51.4 Å². The van der Waals surface area contributed by atoms with Crippen LogP contribution in [0.15, 0.2) is 17.0 Å². The van der Waals surface area contributed by atoms with Crippen molar-refractivity contribution in [3.8, 4) is 5.75 Å². The highest BCUT2D eigenvalue weighted by molar-refractivity contribution is 7.89. The van der Waals surface area contributed by atoms with Gasteiger partial charge < -0.3 is 15.8 Å². The zero-order valence-electron chi connectivity index (χ0n) is 15.7. The number of ether oxygens (including phenoxy) is 1. The number of sulfonamides is 1. The number of hydrogen-bond donors (Lipinski definition) is 2. The van der Waals surface area contributed by atoms with Crippen LogP contribution in [0.4, 0.5) is 0 Å². The van der Waals surface area contributed by atoms with Gasteiger partial charge in [0.15, 0.2) is 0 Å². The molecule has 2 rings (SSSR count). The summed E-state index contributed by atoms with van der Waals surface area (Å²) >= 11 is 0. The zero-order valence-corrected chi connectivity index (χ0v) is 16.6. The number of benzene rings is 1. The molecule has 1 aliphatic rings. The van der Waals surface area contributed by atoms with Crippen molar-refractivity contribution in [3.05, 3.63) is 23.3 Å². The van der Waals surface area contributed by atoms with Crippen molar-refractivity contribution in [2.24, 2.45) is 5.73 Å². The predicted octanol–water partition coefficient (Wildman–Crippen LogP) is 1.32. The molecule has 1 heterocycles. The molecule has 1 atom stereocenters. The molecule has 0 aliphatic carbocycles. The molecule has 8 heteroatoms. The highest BCUT2D eigenvalue weighted by atomic mass is 32.2. The zero-order chi connectivity index (χ0) is 19.3. The lowest BCUT2D eigenvalue weighted by Gasteiger charge is -2.35. The van der Waals surface area contributed by atoms with Crippen LogP contribution in [0, 0.1) is 13.8 Å². The van der Waals surface area contributed by atoms with Crippen LogP contribution in [0.3, 0.4) is 0 Å². The van der Waals surface area contributed by atoms with Gasteiger partial charge in [-0.1, -0.05) is 12.5 Å². The Labute approximate surface area is 155 Å². The van der Waals surface area contributed by atoms with Crippen molar-refractivity contribution < 1.29 is 17.9 Å². The molecule has 1 fully saturated rings. The second-order valence-electron chi connectivity index (χ2n) is 6.72. The maximum Gasteiger partial charge on any atom is 0.247 e. The summed E-state index contributed by atoms with van der Waals surface area (Å²) in [6.45, 7) is 4.72. The van der Waals surface area contributed by atoms with E-state index in [4.69, 9.17) is 10.5 Å². The molecule has 26 heavy (non-hydrogen) atoms. The first-order valence-electron chi connectivity index (χ1n) is 8.95. The Morgan fingerprint density at radius 3 is 2.73 bits per heavy atom. The molecule has 1 aromatic carbocycles. The first-order valence-corrected chi connectivity index (χ1v) is 10.4. The van der Waals surface area contributed by atoms with E-state index in [1.165, 1.54) is 11.4 Å². The van der Waals surface area contributed by atoms with Crippen molar-refractivity contribution in [2.75, 3.05) is 26.7 Å². The first kappa shape index (κ1) is 20.7. The number of amides is 1. The van der Waals surface area contributed by atoms with Crippen LogP contribution in [0.1, 0.15) is 36.8 Å². The van der Waals surface area contributed by atoms with E-state index in [0.717, 1.165) is 30.4 Å². The standard InChI is InChI=1S/C18H29N3O4S/c1-13-10-14(2)18(25-3)16(11-13)26(23,24)21-9-5-4-6-15(21)12-20-17(22)7-8-19/h10-11,15H,4-9,12,19H2,1-3H3,(H,20,22). The van der Waals surface area contributed by atoms with E-state index in [9.17, 15) is 13.2 Å². The Hall–Kier alpha value is -1.64. The first-order chi connectivity index (χ1) is 12.3. The highest BCUT2D eigenvalue weighted by Crippen LogP contribution is 2.34. The molecule has 7 nitrogen and oxygen atoms in total. The monoisotopic (exact) mass is 383 g/mol. The topological polar surface area (TPSA) is 102 Å². The summed E-state index contributed by atoms with van der Waals surface area (Å²) in [5.74, 6) is 0.228. The van der Waals surface area contributed by atoms with Crippen molar-refractivity contribution >= 4 is 15.9 Å². The summed E-state index contributed by atoms with van der Waals surface area (Å²) in [5.41, 5.74) is 7.05. The molecule has 0 spiro atoms. The lowest BCUT2D eigenvalue weighted by molar-refractivity contribution is -0.121. The van der Waals surface area contributed by atoms with Crippen LogP contribution in [0.5, 0.6) is 5.75 Å². The summed E-state index contributed by atoms with van der Waals surface area (Å²) in [7, 11) is -2.24. The van der Waals surface area contributed by atoms with E-state index >= 15 is 0 Å². The lowest BCUT2D eigenvalue weighted by Crippen LogP contribution is -2.49. The van der Waals surface area contributed by atoms with Gasteiger partial charge in [0, 0.05) is 32.1 Å². The number of carbonyl (C=O) groups is 1. The molecule has 1 amide bonds. The lowest BCUT2D eigenvalue weighted by atomic mass is 10.1. The summed E-state index contributed by atoms with van der Waals surface area (Å²) in [4.78, 5) is 11.9. The van der Waals surface area contributed by atoms with E-state index in [-0.39, 0.29) is 29.8 Å². The fourth-order valence-electron chi connectivity index (χ4n) is 3.44. The summed E-state index contributed by atoms with van der Waals surface area (Å²) in [6, 6.07) is 3.29. The third-order valence-electron chi connectivity index (χ3n) is 4.66. The van der Waals surface area contributed by atoms with Crippen LogP contribution in [-0.2, 0) is 14.8 Å². The highest BCUT2D eigenvalue weighted by Gasteiger charge is 2.35. The number of nitrogens with two attached hydrogens (primary N) is 1. The molecular weight excluding hydrogens is 354 g/mol. The largest absolute Gasteiger partial charge is 0.495 e. The smallest absolute Gasteiger partial charge is 0.247 e. The van der Waals surface area contributed by atoms with Gasteiger partial charge in [-0.3, -0.25) is 4.79 Å². The fraction of sp³-hybridized carbons (Fsp3) is 0.611. The number of rotatable bonds is 7. The summed E-state index contributed by atoms with van der Waals surface area (Å²) < 4.78 is 33.6. The molecule has 0 aromatic heterocycles. The second kappa shape index (κ2) is 8.83. The van der Waals surface area contributed by atoms with Gasteiger partial charge >= 0.3 is 0 Å². The number of methoxy groups -OCH3 is 1. The molecule has 1 unspecified atom stereocenters. The van der Waals surface area contributed by atoms with E-state index < -0.39 is 10.0 Å². The van der Waals surface area contributed by atoms with Gasteiger partial charge in [-0.05, 0) is 43.9 Å². The minimum atomic E-state index is -3.73. The van der Waals surface area contributed by atoms with E-state index in [2.05, 4.69) is 5.32 Å². The molecule has 1 saturated heterocycles. The number of hydrogen-bond acceptors (Lipinski definition) is 5. The van der Waals surface area contributed by atoms with Crippen molar-refractivity contribution in [2.45, 2.75) is 50.5 Å². The van der Waals surface area contributed by atoms with Gasteiger partial charge in [0.25, 0.3) is 0 Å². The van der Waals surface area contributed by atoms with E-state index in [0.29, 0.717) is 18.8 Å². The molecule has 0 saturated carbocycles. The number of nitrogens with zero attached hydrogens (tertiary/aromatic N) is 1. The Morgan fingerprint density at radius 2 is 2.08 bits per heavy atom. The van der Waals surface area contributed by atoms with Gasteiger partial charge in [0.05, 0.1) is 7.11 Å². The van der Waals surface area contributed by atoms with Gasteiger partial charge in [0.1, 0.15) is 10.6 Å². The summed E-state index contributed by atoms with van der Waals surface area (Å²) in [5, 5.41) is 2.80. The predicted molar refractivity (Wildman–Crippen MR) is 101 cm³/mol. The van der Waals surface area contributed by atoms with E-state index in [1.54, 1.807) is 6.07 Å². The van der Waals surface area contributed by atoms with Crippen LogP contribution in [0.25, 0.3) is 0 Å². The van der Waals surface area contributed by atoms with Crippen LogP contribution in [0.2, 0.25) is 0 Å². The van der Waals surface area contributed by atoms with Gasteiger partial charge in [-0.15, -0.1) is 0 Å². The summed E-state index contributed by atoms with van der Waals surface area (Å²) in [6.07, 6.45) is 2.70.